The van der Waals surface area contributed by atoms with Crippen molar-refractivity contribution in [3.8, 4) is 0 Å². The van der Waals surface area contributed by atoms with Crippen LogP contribution in [-0.2, 0) is 18.7 Å². The van der Waals surface area contributed by atoms with Crippen molar-refractivity contribution >= 4 is 28.6 Å². The van der Waals surface area contributed by atoms with Crippen LogP contribution in [0, 0.1) is 6.92 Å². The van der Waals surface area contributed by atoms with Crippen molar-refractivity contribution in [3.05, 3.63) is 51.8 Å². The highest BCUT2D eigenvalue weighted by atomic mass is 32.2. The van der Waals surface area contributed by atoms with E-state index in [0.717, 1.165) is 65.4 Å². The van der Waals surface area contributed by atoms with Crippen LogP contribution in [0.4, 0.5) is 5.82 Å². The van der Waals surface area contributed by atoms with Crippen molar-refractivity contribution < 1.29 is 0 Å². The quantitative estimate of drug-likeness (QED) is 0.675. The van der Waals surface area contributed by atoms with Crippen LogP contribution < -0.4 is 10.5 Å². The number of anilines is 1. The third-order valence-corrected chi connectivity index (χ3v) is 6.51. The predicted octanol–water partition coefficient (Wildman–Crippen LogP) is 2.35. The topological polar surface area (TPSA) is 76.8 Å². The van der Waals surface area contributed by atoms with E-state index < -0.39 is 0 Å². The van der Waals surface area contributed by atoms with Crippen LogP contribution in [-0.4, -0.2) is 43.1 Å². The van der Waals surface area contributed by atoms with Crippen LogP contribution in [0.3, 0.4) is 0 Å². The number of hydrogen-bond acceptors (Lipinski definition) is 7. The van der Waals surface area contributed by atoms with Gasteiger partial charge in [0.2, 0.25) is 0 Å². The Morgan fingerprint density at radius 1 is 1.32 bits per heavy atom. The van der Waals surface area contributed by atoms with Gasteiger partial charge in [-0.1, -0.05) is 0 Å². The molecule has 0 amide bonds. The van der Waals surface area contributed by atoms with Gasteiger partial charge in [-0.15, -0.1) is 0 Å². The monoisotopic (exact) mass is 394 g/mol. The molecule has 2 aliphatic rings. The Balaban J connectivity index is 1.50. The Kier molecular flexibility index (Phi) is 4.50. The number of thioether (sulfide) groups is 1. The standard InChI is InChI=1S/C20H22N6OS/c1-13-22-19-16(5-2-7-21-19)20(23-13)25-8-3-4-15(25)11-26-18(27)10-14-12-28-9-6-17(14)24-26/h2,5,7,10,15H,3-4,6,8-9,11-12H2,1H3. The van der Waals surface area contributed by atoms with Gasteiger partial charge in [-0.05, 0) is 43.2 Å². The molecule has 1 atom stereocenters. The Hall–Kier alpha value is -2.48. The van der Waals surface area contributed by atoms with E-state index in [2.05, 4.69) is 14.9 Å². The van der Waals surface area contributed by atoms with Crippen molar-refractivity contribution in [3.63, 3.8) is 0 Å². The van der Waals surface area contributed by atoms with Gasteiger partial charge < -0.3 is 4.90 Å². The summed E-state index contributed by atoms with van der Waals surface area (Å²) in [5.74, 6) is 3.61. The van der Waals surface area contributed by atoms with Crippen LogP contribution >= 0.6 is 11.8 Å². The second-order valence-corrected chi connectivity index (χ2v) is 8.50. The molecule has 5 heterocycles. The first-order chi connectivity index (χ1) is 13.7. The van der Waals surface area contributed by atoms with Gasteiger partial charge >= 0.3 is 0 Å². The summed E-state index contributed by atoms with van der Waals surface area (Å²) in [6.07, 6.45) is 4.79. The summed E-state index contributed by atoms with van der Waals surface area (Å²) in [4.78, 5) is 28.5. The van der Waals surface area contributed by atoms with Crippen molar-refractivity contribution in [2.45, 2.75) is 44.5 Å². The van der Waals surface area contributed by atoms with Gasteiger partial charge in [-0.25, -0.2) is 19.6 Å². The molecule has 0 bridgehead atoms. The summed E-state index contributed by atoms with van der Waals surface area (Å²) in [6.45, 7) is 3.40. The predicted molar refractivity (Wildman–Crippen MR) is 111 cm³/mol. The van der Waals surface area contributed by atoms with E-state index in [4.69, 9.17) is 10.1 Å². The molecule has 2 aliphatic heterocycles. The van der Waals surface area contributed by atoms with E-state index in [-0.39, 0.29) is 11.6 Å². The molecule has 144 valence electrons. The molecule has 0 aliphatic carbocycles. The third-order valence-electron chi connectivity index (χ3n) is 5.50. The molecular weight excluding hydrogens is 372 g/mol. The number of aryl methyl sites for hydroxylation is 2. The molecule has 3 aromatic heterocycles. The van der Waals surface area contributed by atoms with Crippen LogP contribution in [0.25, 0.3) is 11.0 Å². The Morgan fingerprint density at radius 2 is 2.25 bits per heavy atom. The van der Waals surface area contributed by atoms with E-state index in [1.807, 2.05) is 30.8 Å². The highest BCUT2D eigenvalue weighted by Crippen LogP contribution is 2.30. The smallest absolute Gasteiger partial charge is 0.267 e. The van der Waals surface area contributed by atoms with Crippen LogP contribution in [0.2, 0.25) is 0 Å². The number of aromatic nitrogens is 5. The molecule has 1 unspecified atom stereocenters. The molecule has 0 aromatic carbocycles. The van der Waals surface area contributed by atoms with Crippen LogP contribution in [0.15, 0.2) is 29.2 Å². The fourth-order valence-electron chi connectivity index (χ4n) is 4.16. The summed E-state index contributed by atoms with van der Waals surface area (Å²) in [6, 6.07) is 5.91. The first-order valence-corrected chi connectivity index (χ1v) is 10.9. The maximum atomic E-state index is 12.6. The summed E-state index contributed by atoms with van der Waals surface area (Å²) in [5, 5.41) is 5.66. The Morgan fingerprint density at radius 3 is 3.18 bits per heavy atom. The van der Waals surface area contributed by atoms with Gasteiger partial charge in [-0.3, -0.25) is 4.79 Å². The molecule has 8 heteroatoms. The molecular formula is C20H22N6OS. The summed E-state index contributed by atoms with van der Waals surface area (Å²) in [7, 11) is 0. The zero-order valence-electron chi connectivity index (χ0n) is 15.8. The SMILES string of the molecule is Cc1nc(N2CCCC2Cn2nc3c(cc2=O)CSCC3)c2cccnc2n1. The lowest BCUT2D eigenvalue weighted by Gasteiger charge is -2.27. The van der Waals surface area contributed by atoms with Gasteiger partial charge in [0.1, 0.15) is 11.6 Å². The number of pyridine rings is 1. The van der Waals surface area contributed by atoms with Gasteiger partial charge in [0.05, 0.1) is 23.7 Å². The van der Waals surface area contributed by atoms with E-state index in [0.29, 0.717) is 12.4 Å². The van der Waals surface area contributed by atoms with Gasteiger partial charge in [-0.2, -0.15) is 16.9 Å². The molecule has 0 N–H and O–H groups in total. The lowest BCUT2D eigenvalue weighted by molar-refractivity contribution is 0.480. The van der Waals surface area contributed by atoms with E-state index in [1.54, 1.807) is 16.9 Å². The van der Waals surface area contributed by atoms with Crippen molar-refractivity contribution in [1.29, 1.82) is 0 Å². The van der Waals surface area contributed by atoms with Crippen molar-refractivity contribution in [1.82, 2.24) is 24.7 Å². The Labute approximate surface area is 167 Å². The molecule has 3 aromatic rings. The second kappa shape index (κ2) is 7.16. The maximum absolute atomic E-state index is 12.6. The van der Waals surface area contributed by atoms with Gasteiger partial charge in [0.15, 0.2) is 5.65 Å². The average Bonchev–Trinajstić information content (AvgIpc) is 3.16. The molecule has 28 heavy (non-hydrogen) atoms. The molecule has 7 nitrogen and oxygen atoms in total. The molecule has 0 spiro atoms. The fourth-order valence-corrected chi connectivity index (χ4v) is 5.11. The fraction of sp³-hybridized carbons (Fsp3) is 0.450. The average molecular weight is 395 g/mol. The molecule has 1 fully saturated rings. The minimum Gasteiger partial charge on any atom is -0.351 e. The highest BCUT2D eigenvalue weighted by Gasteiger charge is 2.29. The highest BCUT2D eigenvalue weighted by molar-refractivity contribution is 7.98. The van der Waals surface area contributed by atoms with Gasteiger partial charge in [0.25, 0.3) is 5.56 Å². The minimum absolute atomic E-state index is 0.00140. The van der Waals surface area contributed by atoms with E-state index in [1.165, 1.54) is 0 Å². The van der Waals surface area contributed by atoms with Crippen molar-refractivity contribution in [2.75, 3.05) is 17.2 Å². The third kappa shape index (κ3) is 3.15. The van der Waals surface area contributed by atoms with Crippen LogP contribution in [0.5, 0.6) is 0 Å². The first-order valence-electron chi connectivity index (χ1n) is 9.73. The molecule has 0 radical (unpaired) electrons. The number of nitrogens with zero attached hydrogens (tertiary/aromatic N) is 6. The zero-order chi connectivity index (χ0) is 19.1. The molecule has 1 saturated heterocycles. The lowest BCUT2D eigenvalue weighted by Crippen LogP contribution is -2.38. The normalized spacial score (nSPS) is 19.2. The summed E-state index contributed by atoms with van der Waals surface area (Å²) < 4.78 is 1.66. The van der Waals surface area contributed by atoms with Crippen LogP contribution in [0.1, 0.15) is 29.9 Å². The van der Waals surface area contributed by atoms with E-state index >= 15 is 0 Å². The number of fused-ring (bicyclic) bond motifs is 2. The number of hydrogen-bond donors (Lipinski definition) is 0. The molecule has 0 saturated carbocycles. The summed E-state index contributed by atoms with van der Waals surface area (Å²) >= 11 is 1.87. The van der Waals surface area contributed by atoms with E-state index in [9.17, 15) is 4.79 Å². The largest absolute Gasteiger partial charge is 0.351 e. The zero-order valence-corrected chi connectivity index (χ0v) is 16.7. The maximum Gasteiger partial charge on any atom is 0.267 e. The number of rotatable bonds is 3. The second-order valence-electron chi connectivity index (χ2n) is 7.40. The molecule has 5 rings (SSSR count). The van der Waals surface area contributed by atoms with Gasteiger partial charge in [0, 0.05) is 31.0 Å². The lowest BCUT2D eigenvalue weighted by atomic mass is 10.2. The Bertz CT molecular complexity index is 1100. The van der Waals surface area contributed by atoms with Crippen molar-refractivity contribution in [2.24, 2.45) is 0 Å². The minimum atomic E-state index is -0.00140. The first kappa shape index (κ1) is 17.6. The summed E-state index contributed by atoms with van der Waals surface area (Å²) in [5.41, 5.74) is 2.90.